The summed E-state index contributed by atoms with van der Waals surface area (Å²) >= 11 is 0. The highest BCUT2D eigenvalue weighted by molar-refractivity contribution is 6.01. The quantitative estimate of drug-likeness (QED) is 0.879. The lowest BCUT2D eigenvalue weighted by atomic mass is 9.94. The van der Waals surface area contributed by atoms with E-state index in [2.05, 4.69) is 5.32 Å². The average Bonchev–Trinajstić information content (AvgIpc) is 2.47. The number of hydrogen-bond donors (Lipinski definition) is 2. The molecule has 5 nitrogen and oxygen atoms in total. The van der Waals surface area contributed by atoms with Crippen molar-refractivity contribution in [2.75, 3.05) is 25.0 Å². The zero-order valence-electron chi connectivity index (χ0n) is 11.6. The van der Waals surface area contributed by atoms with E-state index in [1.165, 1.54) is 11.0 Å². The molecule has 1 amide bonds. The van der Waals surface area contributed by atoms with Crippen molar-refractivity contribution in [3.05, 3.63) is 29.8 Å². The number of carbonyl (C=O) groups excluding carboxylic acids is 1. The molecule has 1 fully saturated rings. The fourth-order valence-corrected chi connectivity index (χ4v) is 2.55. The van der Waals surface area contributed by atoms with Crippen LogP contribution in [0.15, 0.2) is 24.3 Å². The average molecular weight is 276 g/mol. The van der Waals surface area contributed by atoms with Gasteiger partial charge in [0.15, 0.2) is 0 Å². The first-order chi connectivity index (χ1) is 9.59. The molecule has 0 atom stereocenters. The van der Waals surface area contributed by atoms with Gasteiger partial charge in [-0.3, -0.25) is 4.79 Å². The van der Waals surface area contributed by atoms with Gasteiger partial charge in [-0.1, -0.05) is 12.1 Å². The Bertz CT molecular complexity index is 496. The van der Waals surface area contributed by atoms with Crippen molar-refractivity contribution in [1.82, 2.24) is 5.32 Å². The maximum atomic E-state index is 12.3. The molecule has 5 heteroatoms. The van der Waals surface area contributed by atoms with Crippen LogP contribution in [0.2, 0.25) is 0 Å². The minimum Gasteiger partial charge on any atom is -0.478 e. The number of nitrogens with one attached hydrogen (secondary N) is 1. The van der Waals surface area contributed by atoms with Gasteiger partial charge in [-0.2, -0.15) is 0 Å². The summed E-state index contributed by atoms with van der Waals surface area (Å²) in [7, 11) is 1.64. The maximum absolute atomic E-state index is 12.3. The number of rotatable bonds is 4. The minimum absolute atomic E-state index is 0.0226. The van der Waals surface area contributed by atoms with E-state index in [9.17, 15) is 14.7 Å². The number of benzene rings is 1. The van der Waals surface area contributed by atoms with Gasteiger partial charge >= 0.3 is 5.97 Å². The van der Waals surface area contributed by atoms with E-state index < -0.39 is 5.97 Å². The first kappa shape index (κ1) is 14.5. The lowest BCUT2D eigenvalue weighted by Gasteiger charge is -2.25. The van der Waals surface area contributed by atoms with Gasteiger partial charge in [-0.25, -0.2) is 4.79 Å². The number of aromatic carboxylic acids is 1. The van der Waals surface area contributed by atoms with Crippen molar-refractivity contribution < 1.29 is 14.7 Å². The molecule has 2 rings (SSSR count). The van der Waals surface area contributed by atoms with Gasteiger partial charge < -0.3 is 15.3 Å². The van der Waals surface area contributed by atoms with Gasteiger partial charge in [0.05, 0.1) is 11.3 Å². The van der Waals surface area contributed by atoms with Gasteiger partial charge in [0.25, 0.3) is 0 Å². The molecule has 1 aromatic rings. The smallest absolute Gasteiger partial charge is 0.337 e. The number of hydrogen-bond acceptors (Lipinski definition) is 3. The Labute approximate surface area is 118 Å². The highest BCUT2D eigenvalue weighted by Crippen LogP contribution is 2.23. The number of carboxylic acids is 1. The summed E-state index contributed by atoms with van der Waals surface area (Å²) < 4.78 is 0. The monoisotopic (exact) mass is 276 g/mol. The third-order valence-electron chi connectivity index (χ3n) is 3.79. The van der Waals surface area contributed by atoms with Gasteiger partial charge in [0, 0.05) is 13.5 Å². The Morgan fingerprint density at radius 3 is 2.60 bits per heavy atom. The first-order valence-corrected chi connectivity index (χ1v) is 6.89. The Kier molecular flexibility index (Phi) is 4.74. The number of piperidine rings is 1. The van der Waals surface area contributed by atoms with Crippen molar-refractivity contribution in [2.24, 2.45) is 5.92 Å². The van der Waals surface area contributed by atoms with E-state index in [4.69, 9.17) is 0 Å². The number of anilines is 1. The molecule has 1 aliphatic rings. The Morgan fingerprint density at radius 2 is 1.95 bits per heavy atom. The predicted molar refractivity (Wildman–Crippen MR) is 77.0 cm³/mol. The second kappa shape index (κ2) is 6.52. The number of nitrogens with zero attached hydrogens (tertiary/aromatic N) is 1. The van der Waals surface area contributed by atoms with Crippen molar-refractivity contribution in [3.8, 4) is 0 Å². The van der Waals surface area contributed by atoms with Crippen LogP contribution < -0.4 is 10.2 Å². The zero-order chi connectivity index (χ0) is 14.5. The van der Waals surface area contributed by atoms with Crippen molar-refractivity contribution in [3.63, 3.8) is 0 Å². The highest BCUT2D eigenvalue weighted by Gasteiger charge is 2.22. The van der Waals surface area contributed by atoms with Crippen LogP contribution in [-0.2, 0) is 4.79 Å². The molecule has 1 aromatic carbocycles. The van der Waals surface area contributed by atoms with Crippen molar-refractivity contribution in [2.45, 2.75) is 19.3 Å². The van der Waals surface area contributed by atoms with Crippen LogP contribution in [0.1, 0.15) is 29.6 Å². The fourth-order valence-electron chi connectivity index (χ4n) is 2.55. The largest absolute Gasteiger partial charge is 0.478 e. The van der Waals surface area contributed by atoms with Crippen LogP contribution in [0.25, 0.3) is 0 Å². The third-order valence-corrected chi connectivity index (χ3v) is 3.79. The van der Waals surface area contributed by atoms with Gasteiger partial charge in [-0.05, 0) is 44.0 Å². The van der Waals surface area contributed by atoms with Crippen LogP contribution in [-0.4, -0.2) is 37.1 Å². The van der Waals surface area contributed by atoms with Gasteiger partial charge in [-0.15, -0.1) is 0 Å². The molecule has 20 heavy (non-hydrogen) atoms. The highest BCUT2D eigenvalue weighted by atomic mass is 16.4. The van der Waals surface area contributed by atoms with Crippen molar-refractivity contribution >= 4 is 17.6 Å². The van der Waals surface area contributed by atoms with E-state index in [1.807, 2.05) is 0 Å². The van der Waals surface area contributed by atoms with Crippen LogP contribution >= 0.6 is 0 Å². The molecule has 0 unspecified atom stereocenters. The molecule has 0 saturated carbocycles. The summed E-state index contributed by atoms with van der Waals surface area (Å²) in [5.74, 6) is -0.643. The van der Waals surface area contributed by atoms with E-state index in [-0.39, 0.29) is 11.5 Å². The Morgan fingerprint density at radius 1 is 1.30 bits per heavy atom. The van der Waals surface area contributed by atoms with Crippen molar-refractivity contribution in [1.29, 1.82) is 0 Å². The summed E-state index contributed by atoms with van der Waals surface area (Å²) in [6.07, 6.45) is 2.48. The summed E-state index contributed by atoms with van der Waals surface area (Å²) in [5.41, 5.74) is 0.618. The molecule has 108 valence electrons. The second-order valence-corrected chi connectivity index (χ2v) is 5.17. The number of carbonyl (C=O) groups is 2. The molecule has 1 heterocycles. The second-order valence-electron chi connectivity index (χ2n) is 5.17. The van der Waals surface area contributed by atoms with Crippen LogP contribution in [0.4, 0.5) is 5.69 Å². The standard InChI is InChI=1S/C15H20N2O3/c1-17(13-5-3-2-4-12(13)15(19)20)14(18)10-11-6-8-16-9-7-11/h2-5,11,16H,6-10H2,1H3,(H,19,20). The Balaban J connectivity index is 2.08. The first-order valence-electron chi connectivity index (χ1n) is 6.89. The molecule has 1 saturated heterocycles. The third kappa shape index (κ3) is 3.36. The lowest BCUT2D eigenvalue weighted by molar-refractivity contribution is -0.119. The van der Waals surface area contributed by atoms with E-state index >= 15 is 0 Å². The summed E-state index contributed by atoms with van der Waals surface area (Å²) in [5, 5.41) is 12.4. The molecule has 2 N–H and O–H groups in total. The van der Waals surface area contributed by atoms with Crippen LogP contribution in [0, 0.1) is 5.92 Å². The molecular weight excluding hydrogens is 256 g/mol. The summed E-state index contributed by atoms with van der Waals surface area (Å²) in [6.45, 7) is 1.90. The topological polar surface area (TPSA) is 69.6 Å². The lowest BCUT2D eigenvalue weighted by Crippen LogP contribution is -2.33. The molecule has 0 radical (unpaired) electrons. The summed E-state index contributed by atoms with van der Waals surface area (Å²) in [6, 6.07) is 6.60. The van der Waals surface area contributed by atoms with E-state index in [1.54, 1.807) is 25.2 Å². The normalized spacial score (nSPS) is 15.8. The molecule has 0 aliphatic carbocycles. The molecule has 1 aliphatic heterocycles. The van der Waals surface area contributed by atoms with Gasteiger partial charge in [0.1, 0.15) is 0 Å². The minimum atomic E-state index is -1.01. The molecule has 0 aromatic heterocycles. The van der Waals surface area contributed by atoms with Crippen LogP contribution in [0.5, 0.6) is 0 Å². The molecule has 0 bridgehead atoms. The van der Waals surface area contributed by atoms with E-state index in [0.29, 0.717) is 18.0 Å². The summed E-state index contributed by atoms with van der Waals surface area (Å²) in [4.78, 5) is 25.0. The van der Waals surface area contributed by atoms with Gasteiger partial charge in [0.2, 0.25) is 5.91 Å². The Hall–Kier alpha value is -1.88. The molecular formula is C15H20N2O3. The maximum Gasteiger partial charge on any atom is 0.337 e. The van der Waals surface area contributed by atoms with E-state index in [0.717, 1.165) is 25.9 Å². The number of carboxylic acid groups (broad SMARTS) is 1. The predicted octanol–water partition coefficient (Wildman–Crippen LogP) is 1.74. The number of para-hydroxylation sites is 1. The SMILES string of the molecule is CN(C(=O)CC1CCNCC1)c1ccccc1C(=O)O. The number of amides is 1. The zero-order valence-corrected chi connectivity index (χ0v) is 11.6. The molecule has 0 spiro atoms. The fraction of sp³-hybridized carbons (Fsp3) is 0.467. The van der Waals surface area contributed by atoms with Crippen LogP contribution in [0.3, 0.4) is 0 Å².